The molecule has 2 aromatic rings. The lowest BCUT2D eigenvalue weighted by Crippen LogP contribution is -2.61. The number of carbonyl (C=O) groups is 2. The lowest BCUT2D eigenvalue weighted by molar-refractivity contribution is -0.138. The molecule has 0 aromatic heterocycles. The van der Waals surface area contributed by atoms with Gasteiger partial charge in [-0.2, -0.15) is 0 Å². The number of para-hydroxylation sites is 1. The van der Waals surface area contributed by atoms with Crippen LogP contribution in [0.15, 0.2) is 42.5 Å². The van der Waals surface area contributed by atoms with E-state index >= 15 is 4.39 Å². The van der Waals surface area contributed by atoms with Gasteiger partial charge in [0.25, 0.3) is 0 Å². The maximum Gasteiger partial charge on any atom is 0.410 e. The van der Waals surface area contributed by atoms with Crippen LogP contribution in [0.5, 0.6) is 5.75 Å². The van der Waals surface area contributed by atoms with E-state index in [1.165, 1.54) is 4.90 Å². The zero-order chi connectivity index (χ0) is 28.8. The van der Waals surface area contributed by atoms with Crippen LogP contribution in [-0.2, 0) is 20.7 Å². The average Bonchev–Trinajstić information content (AvgIpc) is 2.84. The second kappa shape index (κ2) is 12.8. The summed E-state index contributed by atoms with van der Waals surface area (Å²) in [6, 6.07) is 12.7. The van der Waals surface area contributed by atoms with Gasteiger partial charge in [0.05, 0.1) is 18.7 Å². The molecule has 0 radical (unpaired) electrons. The lowest BCUT2D eigenvalue weighted by atomic mass is 9.75. The van der Waals surface area contributed by atoms with Crippen molar-refractivity contribution >= 4 is 12.0 Å². The predicted octanol–water partition coefficient (Wildman–Crippen LogP) is 5.85. The highest BCUT2D eigenvalue weighted by molar-refractivity contribution is 5.79. The van der Waals surface area contributed by atoms with Crippen molar-refractivity contribution in [2.45, 2.75) is 65.5 Å². The Morgan fingerprint density at radius 3 is 2.49 bits per heavy atom. The van der Waals surface area contributed by atoms with Gasteiger partial charge in [0.2, 0.25) is 5.91 Å². The number of nitrogens with zero attached hydrogens (tertiary/aromatic N) is 1. The lowest BCUT2D eigenvalue weighted by Gasteiger charge is -2.43. The number of morpholine rings is 1. The summed E-state index contributed by atoms with van der Waals surface area (Å²) in [6.07, 6.45) is 0.761. The number of likely N-dealkylation sites (N-methyl/N-ethyl adjacent to an activating group) is 1. The first-order valence-corrected chi connectivity index (χ1v) is 13.6. The van der Waals surface area contributed by atoms with Crippen LogP contribution in [0.25, 0.3) is 11.1 Å². The Morgan fingerprint density at radius 2 is 1.82 bits per heavy atom. The fourth-order valence-corrected chi connectivity index (χ4v) is 4.99. The molecule has 1 saturated heterocycles. The number of carbonyl (C=O) groups excluding carboxylic acids is 2. The Hall–Kier alpha value is -3.13. The molecule has 0 saturated carbocycles. The van der Waals surface area contributed by atoms with E-state index in [1.807, 2.05) is 52.0 Å². The third kappa shape index (κ3) is 8.18. The molecule has 3 rings (SSSR count). The molecule has 0 aliphatic carbocycles. The molecule has 1 fully saturated rings. The zero-order valence-electron chi connectivity index (χ0n) is 24.3. The molecular weight excluding hydrogens is 499 g/mol. The van der Waals surface area contributed by atoms with Gasteiger partial charge in [-0.05, 0) is 57.1 Å². The maximum atomic E-state index is 16.0. The van der Waals surface area contributed by atoms with Gasteiger partial charge >= 0.3 is 6.09 Å². The van der Waals surface area contributed by atoms with Crippen molar-refractivity contribution in [2.24, 2.45) is 11.8 Å². The third-order valence-corrected chi connectivity index (χ3v) is 6.87. The summed E-state index contributed by atoms with van der Waals surface area (Å²) in [4.78, 5) is 25.9. The number of hydrogen-bond donors (Lipinski definition) is 1. The van der Waals surface area contributed by atoms with E-state index in [-0.39, 0.29) is 30.9 Å². The van der Waals surface area contributed by atoms with Gasteiger partial charge in [-0.3, -0.25) is 4.79 Å². The van der Waals surface area contributed by atoms with Crippen LogP contribution in [0.3, 0.4) is 0 Å². The van der Waals surface area contributed by atoms with Gasteiger partial charge in [-0.25, -0.2) is 9.18 Å². The SMILES string of the molecule is CC(C)CC1(C(C)Cc2cccc(-c3ccccc3OCCN(C)C(=O)OC(C)(C)C)c2F)COCC(=O)N1. The topological polar surface area (TPSA) is 77.1 Å². The molecule has 2 amide bonds. The Kier molecular flexibility index (Phi) is 9.99. The first-order valence-electron chi connectivity index (χ1n) is 13.6. The van der Waals surface area contributed by atoms with Crippen molar-refractivity contribution < 1.29 is 28.2 Å². The van der Waals surface area contributed by atoms with Crippen LogP contribution in [0.1, 0.15) is 53.5 Å². The first-order chi connectivity index (χ1) is 18.3. The molecule has 1 N–H and O–H groups in total. The summed E-state index contributed by atoms with van der Waals surface area (Å²) >= 11 is 0. The minimum absolute atomic E-state index is 0.0521. The van der Waals surface area contributed by atoms with Crippen molar-refractivity contribution in [1.82, 2.24) is 10.2 Å². The van der Waals surface area contributed by atoms with Gasteiger partial charge in [0.1, 0.15) is 30.4 Å². The van der Waals surface area contributed by atoms with E-state index in [9.17, 15) is 9.59 Å². The van der Waals surface area contributed by atoms with Gasteiger partial charge < -0.3 is 24.4 Å². The summed E-state index contributed by atoms with van der Waals surface area (Å²) in [5.74, 6) is 0.372. The largest absolute Gasteiger partial charge is 0.491 e. The fraction of sp³-hybridized carbons (Fsp3) is 0.548. The molecule has 8 heteroatoms. The zero-order valence-corrected chi connectivity index (χ0v) is 24.3. The summed E-state index contributed by atoms with van der Waals surface area (Å²) in [5, 5.41) is 3.17. The standard InChI is InChI=1S/C31H43FN2O5/c1-21(2)18-31(20-37-19-27(35)33-31)22(3)17-23-11-10-13-25(28(23)32)24-12-8-9-14-26(24)38-16-15-34(7)29(36)39-30(4,5)6/h8-14,21-22H,15-20H2,1-7H3,(H,33,35). The quantitative estimate of drug-likeness (QED) is 0.408. The molecule has 1 heterocycles. The third-order valence-electron chi connectivity index (χ3n) is 6.87. The van der Waals surface area contributed by atoms with Crippen molar-refractivity contribution in [2.75, 3.05) is 33.4 Å². The number of rotatable bonds is 10. The number of benzene rings is 2. The molecule has 1 aliphatic heterocycles. The van der Waals surface area contributed by atoms with Gasteiger partial charge in [0.15, 0.2) is 0 Å². The second-order valence-electron chi connectivity index (χ2n) is 11.9. The maximum absolute atomic E-state index is 16.0. The highest BCUT2D eigenvalue weighted by Crippen LogP contribution is 2.36. The van der Waals surface area contributed by atoms with E-state index in [0.29, 0.717) is 47.9 Å². The normalized spacial score (nSPS) is 18.4. The Balaban J connectivity index is 1.77. The molecule has 2 atom stereocenters. The molecule has 0 spiro atoms. The average molecular weight is 543 g/mol. The molecule has 2 aromatic carbocycles. The van der Waals surface area contributed by atoms with Crippen LogP contribution in [0.2, 0.25) is 0 Å². The van der Waals surface area contributed by atoms with Crippen molar-refractivity contribution in [1.29, 1.82) is 0 Å². The molecule has 7 nitrogen and oxygen atoms in total. The number of amides is 2. The van der Waals surface area contributed by atoms with Crippen molar-refractivity contribution in [3.63, 3.8) is 0 Å². The Labute approximate surface area is 232 Å². The number of hydrogen-bond acceptors (Lipinski definition) is 5. The minimum Gasteiger partial charge on any atom is -0.491 e. The molecular formula is C31H43FN2O5. The molecule has 214 valence electrons. The van der Waals surface area contributed by atoms with Crippen LogP contribution >= 0.6 is 0 Å². The van der Waals surface area contributed by atoms with Gasteiger partial charge in [-0.1, -0.05) is 57.2 Å². The molecule has 39 heavy (non-hydrogen) atoms. The van der Waals surface area contributed by atoms with E-state index in [2.05, 4.69) is 19.2 Å². The molecule has 1 aliphatic rings. The highest BCUT2D eigenvalue weighted by atomic mass is 19.1. The summed E-state index contributed by atoms with van der Waals surface area (Å²) in [5.41, 5.74) is 0.520. The smallest absolute Gasteiger partial charge is 0.410 e. The fourth-order valence-electron chi connectivity index (χ4n) is 4.99. The van der Waals surface area contributed by atoms with Crippen molar-refractivity contribution in [3.05, 3.63) is 53.8 Å². The van der Waals surface area contributed by atoms with Crippen LogP contribution in [0.4, 0.5) is 9.18 Å². The first kappa shape index (κ1) is 30.4. The minimum atomic E-state index is -0.580. The van der Waals surface area contributed by atoms with Crippen molar-refractivity contribution in [3.8, 4) is 16.9 Å². The van der Waals surface area contributed by atoms with E-state index in [0.717, 1.165) is 6.42 Å². The van der Waals surface area contributed by atoms with E-state index in [4.69, 9.17) is 14.2 Å². The van der Waals surface area contributed by atoms with Gasteiger partial charge in [0, 0.05) is 18.2 Å². The van der Waals surface area contributed by atoms with Gasteiger partial charge in [-0.15, -0.1) is 0 Å². The second-order valence-corrected chi connectivity index (χ2v) is 11.9. The summed E-state index contributed by atoms with van der Waals surface area (Å²) in [6.45, 7) is 12.7. The Bertz CT molecular complexity index is 1150. The van der Waals surface area contributed by atoms with Crippen LogP contribution in [0, 0.1) is 17.7 Å². The van der Waals surface area contributed by atoms with Crippen LogP contribution < -0.4 is 10.1 Å². The predicted molar refractivity (Wildman–Crippen MR) is 150 cm³/mol. The Morgan fingerprint density at radius 1 is 1.13 bits per heavy atom. The molecule has 0 bridgehead atoms. The summed E-state index contributed by atoms with van der Waals surface area (Å²) < 4.78 is 33.0. The van der Waals surface area contributed by atoms with Crippen LogP contribution in [-0.4, -0.2) is 61.5 Å². The summed E-state index contributed by atoms with van der Waals surface area (Å²) in [7, 11) is 1.65. The number of nitrogens with one attached hydrogen (secondary N) is 1. The number of halogens is 1. The highest BCUT2D eigenvalue weighted by Gasteiger charge is 2.41. The van der Waals surface area contributed by atoms with E-state index < -0.39 is 17.2 Å². The number of ether oxygens (including phenoxy) is 3. The monoisotopic (exact) mass is 542 g/mol. The molecule has 2 unspecified atom stereocenters. The van der Waals surface area contributed by atoms with E-state index in [1.54, 1.807) is 25.2 Å².